The normalized spacial score (nSPS) is 11.2. The summed E-state index contributed by atoms with van der Waals surface area (Å²) in [6, 6.07) is 6.54. The van der Waals surface area contributed by atoms with Gasteiger partial charge in [0, 0.05) is 23.2 Å². The average Bonchev–Trinajstić information content (AvgIpc) is 2.81. The van der Waals surface area contributed by atoms with Crippen molar-refractivity contribution in [3.05, 3.63) is 35.0 Å². The van der Waals surface area contributed by atoms with Crippen LogP contribution in [0.15, 0.2) is 24.3 Å². The minimum absolute atomic E-state index is 0.00766. The maximum absolute atomic E-state index is 13.2. The van der Waals surface area contributed by atoms with E-state index >= 15 is 0 Å². The second-order valence-corrected chi connectivity index (χ2v) is 6.39. The van der Waals surface area contributed by atoms with Crippen molar-refractivity contribution in [3.8, 4) is 0 Å². The number of amides is 1. The maximum atomic E-state index is 13.2. The third-order valence-electron chi connectivity index (χ3n) is 3.11. The van der Waals surface area contributed by atoms with Gasteiger partial charge in [-0.05, 0) is 43.9 Å². The summed E-state index contributed by atoms with van der Waals surface area (Å²) < 4.78 is 14.0. The highest BCUT2D eigenvalue weighted by Crippen LogP contribution is 2.27. The van der Waals surface area contributed by atoms with E-state index in [1.165, 1.54) is 23.5 Å². The molecule has 0 bridgehead atoms. The summed E-state index contributed by atoms with van der Waals surface area (Å²) in [5.41, 5.74) is 0. The number of rotatable bonds is 5. The molecule has 0 radical (unpaired) electrons. The molecule has 0 atom stereocenters. The van der Waals surface area contributed by atoms with Gasteiger partial charge in [0.2, 0.25) is 0 Å². The molecule has 1 heterocycles. The average molecular weight is 314 g/mol. The molecule has 0 aliphatic carbocycles. The number of halogens is 2. The lowest BCUT2D eigenvalue weighted by molar-refractivity contribution is 0.0711. The Labute approximate surface area is 127 Å². The molecule has 0 unspecified atom stereocenters. The topological polar surface area (TPSA) is 20.3 Å². The van der Waals surface area contributed by atoms with Crippen molar-refractivity contribution in [2.24, 2.45) is 0 Å². The van der Waals surface area contributed by atoms with E-state index in [1.807, 2.05) is 24.8 Å². The SMILES string of the molecule is CC(C)N(CCCCl)C(=O)c1cc2ccc(F)cc2s1. The predicted molar refractivity (Wildman–Crippen MR) is 83.3 cm³/mol. The van der Waals surface area contributed by atoms with Crippen LogP contribution >= 0.6 is 22.9 Å². The van der Waals surface area contributed by atoms with E-state index in [2.05, 4.69) is 0 Å². The summed E-state index contributed by atoms with van der Waals surface area (Å²) in [7, 11) is 0. The Morgan fingerprint density at radius 2 is 2.15 bits per heavy atom. The van der Waals surface area contributed by atoms with Gasteiger partial charge in [-0.15, -0.1) is 22.9 Å². The fraction of sp³-hybridized carbons (Fsp3) is 0.400. The molecule has 2 rings (SSSR count). The summed E-state index contributed by atoms with van der Waals surface area (Å²) in [6.45, 7) is 4.61. The van der Waals surface area contributed by atoms with E-state index in [0.29, 0.717) is 17.3 Å². The quantitative estimate of drug-likeness (QED) is 0.743. The van der Waals surface area contributed by atoms with Crippen LogP contribution < -0.4 is 0 Å². The molecule has 0 saturated carbocycles. The lowest BCUT2D eigenvalue weighted by Crippen LogP contribution is -2.37. The molecule has 5 heteroatoms. The van der Waals surface area contributed by atoms with Gasteiger partial charge in [0.05, 0.1) is 4.88 Å². The first-order valence-electron chi connectivity index (χ1n) is 6.59. The molecular weight excluding hydrogens is 297 g/mol. The first-order chi connectivity index (χ1) is 9.52. The zero-order valence-electron chi connectivity index (χ0n) is 11.5. The van der Waals surface area contributed by atoms with Gasteiger partial charge in [0.1, 0.15) is 5.82 Å². The summed E-state index contributed by atoms with van der Waals surface area (Å²) in [5.74, 6) is 0.252. The Kier molecular flexibility index (Phi) is 5.00. The predicted octanol–water partition coefficient (Wildman–Crippen LogP) is 4.52. The number of thiophene rings is 1. The monoisotopic (exact) mass is 313 g/mol. The van der Waals surface area contributed by atoms with Gasteiger partial charge in [-0.1, -0.05) is 6.07 Å². The van der Waals surface area contributed by atoms with Crippen LogP contribution in [-0.2, 0) is 0 Å². The number of alkyl halides is 1. The van der Waals surface area contributed by atoms with Gasteiger partial charge < -0.3 is 4.90 Å². The number of nitrogens with zero attached hydrogens (tertiary/aromatic N) is 1. The number of hydrogen-bond donors (Lipinski definition) is 0. The standard InChI is InChI=1S/C15H17ClFNOS/c1-10(2)18(7-3-6-16)15(19)14-8-11-4-5-12(17)9-13(11)20-14/h4-5,8-10H,3,6-7H2,1-2H3. The van der Waals surface area contributed by atoms with E-state index in [0.717, 1.165) is 16.5 Å². The highest BCUT2D eigenvalue weighted by Gasteiger charge is 2.20. The zero-order chi connectivity index (χ0) is 14.7. The van der Waals surface area contributed by atoms with Crippen LogP contribution in [0.5, 0.6) is 0 Å². The van der Waals surface area contributed by atoms with Crippen molar-refractivity contribution < 1.29 is 9.18 Å². The molecule has 0 N–H and O–H groups in total. The van der Waals surface area contributed by atoms with E-state index < -0.39 is 0 Å². The number of carbonyl (C=O) groups is 1. The van der Waals surface area contributed by atoms with Gasteiger partial charge in [-0.2, -0.15) is 0 Å². The lowest BCUT2D eigenvalue weighted by Gasteiger charge is -2.25. The molecule has 1 aromatic carbocycles. The minimum atomic E-state index is -0.277. The second kappa shape index (κ2) is 6.55. The third-order valence-corrected chi connectivity index (χ3v) is 4.46. The summed E-state index contributed by atoms with van der Waals surface area (Å²) >= 11 is 7.04. The van der Waals surface area contributed by atoms with Crippen molar-refractivity contribution in [1.29, 1.82) is 0 Å². The largest absolute Gasteiger partial charge is 0.335 e. The van der Waals surface area contributed by atoms with Crippen molar-refractivity contribution in [1.82, 2.24) is 4.90 Å². The molecule has 0 aliphatic heterocycles. The Morgan fingerprint density at radius 3 is 2.80 bits per heavy atom. The number of fused-ring (bicyclic) bond motifs is 1. The fourth-order valence-corrected chi connectivity index (χ4v) is 3.24. The van der Waals surface area contributed by atoms with E-state index in [9.17, 15) is 9.18 Å². The summed E-state index contributed by atoms with van der Waals surface area (Å²) in [5, 5.41) is 0.904. The molecule has 108 valence electrons. The highest BCUT2D eigenvalue weighted by molar-refractivity contribution is 7.20. The molecular formula is C15H17ClFNOS. The van der Waals surface area contributed by atoms with Crippen molar-refractivity contribution in [3.63, 3.8) is 0 Å². The Balaban J connectivity index is 2.28. The van der Waals surface area contributed by atoms with E-state index in [-0.39, 0.29) is 17.8 Å². The number of benzene rings is 1. The molecule has 1 aromatic heterocycles. The summed E-state index contributed by atoms with van der Waals surface area (Å²) in [4.78, 5) is 15.0. The van der Waals surface area contributed by atoms with Gasteiger partial charge >= 0.3 is 0 Å². The van der Waals surface area contributed by atoms with Crippen LogP contribution in [0, 0.1) is 5.82 Å². The first kappa shape index (κ1) is 15.3. The molecule has 20 heavy (non-hydrogen) atoms. The molecule has 0 saturated heterocycles. The molecule has 1 amide bonds. The van der Waals surface area contributed by atoms with Crippen LogP contribution in [0.2, 0.25) is 0 Å². The summed E-state index contributed by atoms with van der Waals surface area (Å²) in [6.07, 6.45) is 0.769. The third kappa shape index (κ3) is 3.30. The van der Waals surface area contributed by atoms with Crippen LogP contribution in [0.1, 0.15) is 29.9 Å². The number of carbonyl (C=O) groups excluding carboxylic acids is 1. The molecule has 0 spiro atoms. The highest BCUT2D eigenvalue weighted by atomic mass is 35.5. The van der Waals surface area contributed by atoms with Gasteiger partial charge in [-0.25, -0.2) is 4.39 Å². The number of hydrogen-bond acceptors (Lipinski definition) is 2. The Morgan fingerprint density at radius 1 is 1.40 bits per heavy atom. The first-order valence-corrected chi connectivity index (χ1v) is 7.94. The Hall–Kier alpha value is -1.13. The van der Waals surface area contributed by atoms with Crippen molar-refractivity contribution in [2.45, 2.75) is 26.3 Å². The van der Waals surface area contributed by atoms with Crippen molar-refractivity contribution >= 4 is 38.9 Å². The fourth-order valence-electron chi connectivity index (χ4n) is 2.08. The zero-order valence-corrected chi connectivity index (χ0v) is 13.1. The van der Waals surface area contributed by atoms with Gasteiger partial charge in [0.25, 0.3) is 5.91 Å². The second-order valence-electron chi connectivity index (χ2n) is 4.93. The van der Waals surface area contributed by atoms with Crippen molar-refractivity contribution in [2.75, 3.05) is 12.4 Å². The van der Waals surface area contributed by atoms with Gasteiger partial charge in [0.15, 0.2) is 0 Å². The molecule has 2 aromatic rings. The van der Waals surface area contributed by atoms with Crippen LogP contribution in [-0.4, -0.2) is 29.3 Å². The molecule has 2 nitrogen and oxygen atoms in total. The van der Waals surface area contributed by atoms with E-state index in [1.54, 1.807) is 6.07 Å². The Bertz CT molecular complexity index is 611. The van der Waals surface area contributed by atoms with Gasteiger partial charge in [-0.3, -0.25) is 4.79 Å². The van der Waals surface area contributed by atoms with E-state index in [4.69, 9.17) is 11.6 Å². The smallest absolute Gasteiger partial charge is 0.264 e. The molecule has 0 fully saturated rings. The van der Waals surface area contributed by atoms with Crippen LogP contribution in [0.4, 0.5) is 4.39 Å². The maximum Gasteiger partial charge on any atom is 0.264 e. The van der Waals surface area contributed by atoms with Crippen LogP contribution in [0.25, 0.3) is 10.1 Å². The minimum Gasteiger partial charge on any atom is -0.335 e. The van der Waals surface area contributed by atoms with Crippen LogP contribution in [0.3, 0.4) is 0 Å². The lowest BCUT2D eigenvalue weighted by atomic mass is 10.2. The molecule has 0 aliphatic rings.